The van der Waals surface area contributed by atoms with Gasteiger partial charge in [0.05, 0.1) is 13.2 Å². The Balaban J connectivity index is -0.000000434. The van der Waals surface area contributed by atoms with Crippen molar-refractivity contribution in [2.45, 2.75) is 115 Å². The van der Waals surface area contributed by atoms with Gasteiger partial charge in [-0.25, -0.2) is 0 Å². The normalized spacial score (nSPS) is 18.6. The Hall–Kier alpha value is -1.42. The van der Waals surface area contributed by atoms with Crippen LogP contribution in [-0.4, -0.2) is 35.1 Å². The van der Waals surface area contributed by atoms with Gasteiger partial charge in [-0.1, -0.05) is 72.6 Å². The lowest BCUT2D eigenvalue weighted by Gasteiger charge is -2.07. The number of aliphatic hydroxyl groups is 3. The van der Waals surface area contributed by atoms with E-state index in [0.29, 0.717) is 17.9 Å². The van der Waals surface area contributed by atoms with Crippen molar-refractivity contribution >= 4 is 0 Å². The van der Waals surface area contributed by atoms with E-state index in [9.17, 15) is 0 Å². The zero-order valence-corrected chi connectivity index (χ0v) is 23.9. The molecule has 1 rings (SSSR count). The molecular weight excluding hydrogens is 432 g/mol. The minimum atomic E-state index is 0. The zero-order chi connectivity index (χ0) is 26.6. The van der Waals surface area contributed by atoms with Crippen molar-refractivity contribution in [2.24, 2.45) is 11.3 Å². The van der Waals surface area contributed by atoms with Crippen molar-refractivity contribution in [3.63, 3.8) is 0 Å². The quantitative estimate of drug-likeness (QED) is 0.239. The summed E-state index contributed by atoms with van der Waals surface area (Å²) >= 11 is 0. The third kappa shape index (κ3) is 25.5. The molecule has 0 radical (unpaired) electrons. The summed E-state index contributed by atoms with van der Waals surface area (Å²) in [6.45, 7) is 19.8. The van der Waals surface area contributed by atoms with Crippen LogP contribution in [0.1, 0.15) is 115 Å². The van der Waals surface area contributed by atoms with Crippen molar-refractivity contribution in [3.8, 4) is 0 Å². The van der Waals surface area contributed by atoms with E-state index in [-0.39, 0.29) is 20.6 Å². The number of hydrogen-bond acceptors (Lipinski definition) is 3. The third-order valence-electron chi connectivity index (χ3n) is 6.09. The zero-order valence-electron chi connectivity index (χ0n) is 23.9. The number of hydrogen-bond donors (Lipinski definition) is 3. The molecule has 1 fully saturated rings. The van der Waals surface area contributed by atoms with E-state index in [2.05, 4.69) is 80.5 Å². The minimum Gasteiger partial charge on any atom is -0.396 e. The Morgan fingerprint density at radius 1 is 0.657 bits per heavy atom. The van der Waals surface area contributed by atoms with Gasteiger partial charge in [0.2, 0.25) is 0 Å². The summed E-state index contributed by atoms with van der Waals surface area (Å²) in [5.41, 5.74) is 7.12. The molecule has 0 aromatic rings. The van der Waals surface area contributed by atoms with Crippen LogP contribution in [-0.2, 0) is 0 Å². The predicted molar refractivity (Wildman–Crippen MR) is 158 cm³/mol. The van der Waals surface area contributed by atoms with Gasteiger partial charge in [0.1, 0.15) is 0 Å². The molecule has 0 spiro atoms. The maximum Gasteiger partial charge on any atom is 0.0614 e. The molecule has 0 saturated heterocycles. The molecule has 0 aliphatic heterocycles. The van der Waals surface area contributed by atoms with Crippen LogP contribution in [0.5, 0.6) is 0 Å². The molecular formula is C32H60O3. The van der Waals surface area contributed by atoms with Crippen molar-refractivity contribution in [3.05, 3.63) is 58.2 Å². The first kappa shape index (κ1) is 38.1. The number of aliphatic hydroxyl groups excluding tert-OH is 3. The summed E-state index contributed by atoms with van der Waals surface area (Å²) in [5, 5.41) is 26.0. The second kappa shape index (κ2) is 23.0. The molecule has 0 amide bonds. The van der Waals surface area contributed by atoms with Gasteiger partial charge in [0.25, 0.3) is 0 Å². The Morgan fingerprint density at radius 3 is 1.31 bits per heavy atom. The van der Waals surface area contributed by atoms with E-state index in [1.54, 1.807) is 0 Å². The Labute approximate surface area is 219 Å². The molecule has 2 unspecified atom stereocenters. The van der Waals surface area contributed by atoms with Crippen LogP contribution in [0.3, 0.4) is 0 Å². The highest BCUT2D eigenvalue weighted by Gasteiger charge is 2.48. The smallest absolute Gasteiger partial charge is 0.0614 e. The average Bonchev–Trinajstić information content (AvgIpc) is 3.38. The molecule has 1 saturated carbocycles. The van der Waals surface area contributed by atoms with Gasteiger partial charge in [-0.3, -0.25) is 0 Å². The highest BCUT2D eigenvalue weighted by molar-refractivity contribution is 5.03. The first-order valence-electron chi connectivity index (χ1n) is 13.0. The molecule has 3 heteroatoms. The van der Waals surface area contributed by atoms with E-state index >= 15 is 0 Å². The Bertz CT molecular complexity index is 629. The standard InChI is InChI=1S/C11H20O.2C10H18O.CH4/c1-9(2)5-4-6-11(3)7-10(11)8-12;2*1-9(2)5-4-6-10(3)7-8-11;/h5,10,12H,4,6-8H2,1-3H3;2*5,7,11H,4,6,8H2,1-3H3;1H4/b;10-7+;10-7-;. The van der Waals surface area contributed by atoms with Gasteiger partial charge in [-0.15, -0.1) is 0 Å². The third-order valence-corrected chi connectivity index (χ3v) is 6.09. The molecule has 1 aliphatic carbocycles. The van der Waals surface area contributed by atoms with Crippen molar-refractivity contribution in [2.75, 3.05) is 19.8 Å². The lowest BCUT2D eigenvalue weighted by molar-refractivity contribution is 0.250. The van der Waals surface area contributed by atoms with E-state index in [0.717, 1.165) is 25.7 Å². The first-order chi connectivity index (χ1) is 15.9. The summed E-state index contributed by atoms with van der Waals surface area (Å²) in [7, 11) is 0. The van der Waals surface area contributed by atoms with Crippen LogP contribution in [0, 0.1) is 11.3 Å². The molecule has 0 aromatic carbocycles. The fraction of sp³-hybridized carbons (Fsp3) is 0.688. The molecule has 3 nitrogen and oxygen atoms in total. The lowest BCUT2D eigenvalue weighted by atomic mass is 9.99. The van der Waals surface area contributed by atoms with Gasteiger partial charge in [0.15, 0.2) is 0 Å². The Kier molecular flexibility index (Phi) is 25.1. The van der Waals surface area contributed by atoms with Crippen molar-refractivity contribution in [1.29, 1.82) is 0 Å². The van der Waals surface area contributed by atoms with Crippen LogP contribution in [0.15, 0.2) is 58.2 Å². The molecule has 0 bridgehead atoms. The fourth-order valence-corrected chi connectivity index (χ4v) is 3.48. The summed E-state index contributed by atoms with van der Waals surface area (Å²) in [6, 6.07) is 0. The first-order valence-corrected chi connectivity index (χ1v) is 13.0. The molecule has 2 atom stereocenters. The highest BCUT2D eigenvalue weighted by Crippen LogP contribution is 2.55. The average molecular weight is 493 g/mol. The molecule has 1 aliphatic rings. The maximum absolute atomic E-state index is 8.93. The van der Waals surface area contributed by atoms with E-state index in [1.807, 2.05) is 12.2 Å². The topological polar surface area (TPSA) is 60.7 Å². The summed E-state index contributed by atoms with van der Waals surface area (Å²) in [4.78, 5) is 0. The van der Waals surface area contributed by atoms with E-state index in [1.165, 1.54) is 47.1 Å². The van der Waals surface area contributed by atoms with E-state index < -0.39 is 0 Å². The summed E-state index contributed by atoms with van der Waals surface area (Å²) < 4.78 is 0. The van der Waals surface area contributed by atoms with Gasteiger partial charge >= 0.3 is 0 Å². The van der Waals surface area contributed by atoms with E-state index in [4.69, 9.17) is 15.3 Å². The fourth-order valence-electron chi connectivity index (χ4n) is 3.48. The minimum absolute atomic E-state index is 0. The van der Waals surface area contributed by atoms with Crippen molar-refractivity contribution in [1.82, 2.24) is 0 Å². The van der Waals surface area contributed by atoms with Crippen molar-refractivity contribution < 1.29 is 15.3 Å². The molecule has 0 heterocycles. The maximum atomic E-state index is 8.93. The molecule has 0 aromatic heterocycles. The summed E-state index contributed by atoms with van der Waals surface area (Å²) in [5.74, 6) is 0.586. The van der Waals surface area contributed by atoms with Crippen LogP contribution in [0.25, 0.3) is 0 Å². The SMILES string of the molecule is C.CC(C)=CCC/C(C)=C/CO.CC(C)=CCC/C(C)=C\CO.CC(C)=CCCC1(C)CC1CO. The predicted octanol–water partition coefficient (Wildman–Crippen LogP) is 8.73. The van der Waals surface area contributed by atoms with Gasteiger partial charge in [0, 0.05) is 6.61 Å². The molecule has 206 valence electrons. The second-order valence-electron chi connectivity index (χ2n) is 10.7. The largest absolute Gasteiger partial charge is 0.396 e. The number of rotatable bonds is 12. The monoisotopic (exact) mass is 492 g/mol. The van der Waals surface area contributed by atoms with Gasteiger partial charge in [-0.2, -0.15) is 0 Å². The van der Waals surface area contributed by atoms with Crippen LogP contribution in [0.2, 0.25) is 0 Å². The molecule has 35 heavy (non-hydrogen) atoms. The van der Waals surface area contributed by atoms with Crippen LogP contribution < -0.4 is 0 Å². The van der Waals surface area contributed by atoms with Gasteiger partial charge in [-0.05, 0) is 112 Å². The lowest BCUT2D eigenvalue weighted by Crippen LogP contribution is -2.00. The Morgan fingerprint density at radius 2 is 1.03 bits per heavy atom. The molecule has 3 N–H and O–H groups in total. The van der Waals surface area contributed by atoms with Crippen LogP contribution >= 0.6 is 0 Å². The number of allylic oxidation sites excluding steroid dienone is 8. The second-order valence-corrected chi connectivity index (χ2v) is 10.7. The highest BCUT2D eigenvalue weighted by atomic mass is 16.3. The van der Waals surface area contributed by atoms with Crippen LogP contribution in [0.4, 0.5) is 0 Å². The van der Waals surface area contributed by atoms with Gasteiger partial charge < -0.3 is 15.3 Å². The summed E-state index contributed by atoms with van der Waals surface area (Å²) in [6.07, 6.45) is 18.4.